The zero-order chi connectivity index (χ0) is 19.2. The first-order valence-electron chi connectivity index (χ1n) is 11.0. The highest BCUT2D eigenvalue weighted by Crippen LogP contribution is 2.21. The normalized spacial score (nSPS) is 21.0. The Morgan fingerprint density at radius 2 is 1.54 bits per heavy atom. The highest BCUT2D eigenvalue weighted by Gasteiger charge is 2.24. The summed E-state index contributed by atoms with van der Waals surface area (Å²) < 4.78 is 11.0. The van der Waals surface area contributed by atoms with E-state index in [2.05, 4.69) is 36.6 Å². The summed E-state index contributed by atoms with van der Waals surface area (Å²) in [5.41, 5.74) is 0. The van der Waals surface area contributed by atoms with Gasteiger partial charge in [0.2, 0.25) is 0 Å². The molecule has 0 aliphatic carbocycles. The molecule has 0 spiro atoms. The van der Waals surface area contributed by atoms with Crippen LogP contribution >= 0.6 is 12.9 Å². The van der Waals surface area contributed by atoms with E-state index in [0.29, 0.717) is 6.10 Å². The fraction of sp³-hybridized carbons (Fsp3) is 1.00. The molecule has 2 heterocycles. The molecule has 0 atom stereocenters. The van der Waals surface area contributed by atoms with Gasteiger partial charge in [-0.25, -0.2) is 0 Å². The average molecular weight is 389 g/mol. The molecule has 2 rings (SSSR count). The number of likely N-dealkylation sites (tertiary alicyclic amines) is 2. The second-order valence-corrected chi connectivity index (χ2v) is 8.25. The van der Waals surface area contributed by atoms with Gasteiger partial charge in [0.05, 0.1) is 12.7 Å². The number of ether oxygens (including phenoxy) is 1. The SMILES string of the molecule is CC.CC(C)CCCOCCN1CCC(CN2CCC(OS)CC2)CC1. The predicted molar refractivity (Wildman–Crippen MR) is 115 cm³/mol. The molecule has 0 aromatic heterocycles. The van der Waals surface area contributed by atoms with Gasteiger partial charge in [-0.05, 0) is 76.4 Å². The molecule has 2 aliphatic heterocycles. The molecular formula is C21H44N2O2S. The van der Waals surface area contributed by atoms with Gasteiger partial charge in [0.25, 0.3) is 0 Å². The van der Waals surface area contributed by atoms with Crippen LogP contribution in [0.2, 0.25) is 0 Å². The van der Waals surface area contributed by atoms with Gasteiger partial charge in [0.15, 0.2) is 0 Å². The zero-order valence-corrected chi connectivity index (χ0v) is 18.7. The Kier molecular flexibility index (Phi) is 14.1. The minimum atomic E-state index is 0.368. The molecule has 0 aromatic carbocycles. The molecule has 0 N–H and O–H groups in total. The smallest absolute Gasteiger partial charge is 0.0743 e. The Morgan fingerprint density at radius 3 is 2.12 bits per heavy atom. The first-order valence-corrected chi connectivity index (χ1v) is 11.4. The van der Waals surface area contributed by atoms with E-state index in [4.69, 9.17) is 8.92 Å². The molecule has 5 heteroatoms. The van der Waals surface area contributed by atoms with Crippen LogP contribution in [0.15, 0.2) is 0 Å². The highest BCUT2D eigenvalue weighted by atomic mass is 32.1. The van der Waals surface area contributed by atoms with Crippen LogP contribution in [0.4, 0.5) is 0 Å². The van der Waals surface area contributed by atoms with Crippen molar-refractivity contribution in [1.82, 2.24) is 9.80 Å². The highest BCUT2D eigenvalue weighted by molar-refractivity contribution is 7.75. The monoisotopic (exact) mass is 388 g/mol. The summed E-state index contributed by atoms with van der Waals surface area (Å²) in [4.78, 5) is 5.21. The van der Waals surface area contributed by atoms with Crippen molar-refractivity contribution in [2.45, 2.75) is 72.3 Å². The van der Waals surface area contributed by atoms with Gasteiger partial charge < -0.3 is 18.7 Å². The number of rotatable bonds is 10. The lowest BCUT2D eigenvalue weighted by Gasteiger charge is -2.37. The van der Waals surface area contributed by atoms with Crippen molar-refractivity contribution >= 4 is 12.9 Å². The Hall–Kier alpha value is 0.190. The maximum atomic E-state index is 5.79. The third-order valence-electron chi connectivity index (χ3n) is 5.53. The summed E-state index contributed by atoms with van der Waals surface area (Å²) in [6.07, 6.45) is 7.81. The van der Waals surface area contributed by atoms with E-state index in [1.807, 2.05) is 13.8 Å². The summed E-state index contributed by atoms with van der Waals surface area (Å²) in [7, 11) is 0. The quantitative estimate of drug-likeness (QED) is 0.338. The number of hydrogen-bond donors (Lipinski definition) is 1. The number of hydrogen-bond acceptors (Lipinski definition) is 5. The Morgan fingerprint density at radius 1 is 0.923 bits per heavy atom. The summed E-state index contributed by atoms with van der Waals surface area (Å²) in [5.74, 6) is 1.67. The van der Waals surface area contributed by atoms with Gasteiger partial charge in [0.1, 0.15) is 0 Å². The predicted octanol–water partition coefficient (Wildman–Crippen LogP) is 4.50. The van der Waals surface area contributed by atoms with Crippen LogP contribution in [0.3, 0.4) is 0 Å². The second-order valence-electron chi connectivity index (χ2n) is 8.04. The van der Waals surface area contributed by atoms with E-state index in [-0.39, 0.29) is 0 Å². The van der Waals surface area contributed by atoms with E-state index in [0.717, 1.165) is 44.4 Å². The number of thiol groups is 1. The summed E-state index contributed by atoms with van der Waals surface area (Å²) in [6.45, 7) is 17.6. The lowest BCUT2D eigenvalue weighted by molar-refractivity contribution is 0.0692. The van der Waals surface area contributed by atoms with E-state index < -0.39 is 0 Å². The lowest BCUT2D eigenvalue weighted by atomic mass is 9.95. The molecule has 2 fully saturated rings. The molecule has 0 bridgehead atoms. The molecule has 4 nitrogen and oxygen atoms in total. The van der Waals surface area contributed by atoms with Gasteiger partial charge in [-0.1, -0.05) is 27.7 Å². The van der Waals surface area contributed by atoms with Crippen LogP contribution in [-0.2, 0) is 8.92 Å². The molecule has 26 heavy (non-hydrogen) atoms. The minimum Gasteiger partial charge on any atom is -0.380 e. The summed E-state index contributed by atoms with van der Waals surface area (Å²) in [6, 6.07) is 0. The van der Waals surface area contributed by atoms with Crippen LogP contribution in [0.25, 0.3) is 0 Å². The fourth-order valence-corrected chi connectivity index (χ4v) is 4.06. The average Bonchev–Trinajstić information content (AvgIpc) is 2.68. The van der Waals surface area contributed by atoms with Crippen LogP contribution < -0.4 is 0 Å². The second kappa shape index (κ2) is 15.2. The molecule has 0 amide bonds. The van der Waals surface area contributed by atoms with E-state index in [9.17, 15) is 0 Å². The summed E-state index contributed by atoms with van der Waals surface area (Å²) in [5, 5.41) is 0. The molecule has 0 aromatic rings. The van der Waals surface area contributed by atoms with Crippen molar-refractivity contribution in [2.24, 2.45) is 11.8 Å². The van der Waals surface area contributed by atoms with Crippen molar-refractivity contribution in [3.05, 3.63) is 0 Å². The van der Waals surface area contributed by atoms with Crippen molar-refractivity contribution < 1.29 is 8.92 Å². The van der Waals surface area contributed by atoms with Gasteiger partial charge in [-0.2, -0.15) is 0 Å². The molecule has 2 aliphatic rings. The summed E-state index contributed by atoms with van der Waals surface area (Å²) >= 11 is 3.96. The molecule has 0 unspecified atom stereocenters. The van der Waals surface area contributed by atoms with Gasteiger partial charge in [-0.3, -0.25) is 0 Å². The first-order chi connectivity index (χ1) is 12.7. The topological polar surface area (TPSA) is 24.9 Å². The third-order valence-corrected chi connectivity index (χ3v) is 5.83. The van der Waals surface area contributed by atoms with E-state index >= 15 is 0 Å². The number of nitrogens with zero attached hydrogens (tertiary/aromatic N) is 2. The molecule has 0 radical (unpaired) electrons. The van der Waals surface area contributed by atoms with Gasteiger partial charge >= 0.3 is 0 Å². The molecular weight excluding hydrogens is 344 g/mol. The zero-order valence-electron chi connectivity index (χ0n) is 17.8. The maximum absolute atomic E-state index is 5.79. The molecule has 0 saturated carbocycles. The van der Waals surface area contributed by atoms with Gasteiger partial charge in [-0.15, -0.1) is 0 Å². The number of piperidine rings is 2. The fourth-order valence-electron chi connectivity index (χ4n) is 3.84. The Balaban J connectivity index is 0.00000163. The third kappa shape index (κ3) is 10.5. The van der Waals surface area contributed by atoms with E-state index in [1.54, 1.807) is 0 Å². The van der Waals surface area contributed by atoms with Crippen molar-refractivity contribution in [2.75, 3.05) is 52.5 Å². The first kappa shape index (κ1) is 24.2. The van der Waals surface area contributed by atoms with Gasteiger partial charge in [0, 0.05) is 32.8 Å². The van der Waals surface area contributed by atoms with E-state index in [1.165, 1.54) is 58.4 Å². The van der Waals surface area contributed by atoms with Crippen LogP contribution in [0.5, 0.6) is 0 Å². The van der Waals surface area contributed by atoms with Crippen LogP contribution in [0, 0.1) is 11.8 Å². The Labute approximate surface area is 168 Å². The molecule has 156 valence electrons. The van der Waals surface area contributed by atoms with Crippen molar-refractivity contribution in [3.8, 4) is 0 Å². The Bertz CT molecular complexity index is 315. The van der Waals surface area contributed by atoms with Crippen molar-refractivity contribution in [3.63, 3.8) is 0 Å². The van der Waals surface area contributed by atoms with Crippen LogP contribution in [-0.4, -0.2) is 68.4 Å². The molecule has 2 saturated heterocycles. The maximum Gasteiger partial charge on any atom is 0.0743 e. The minimum absolute atomic E-state index is 0.368. The largest absolute Gasteiger partial charge is 0.380 e. The lowest BCUT2D eigenvalue weighted by Crippen LogP contribution is -2.43. The standard InChI is InChI=1S/C19H38N2O2S.C2H6/c1-17(2)4-3-14-22-15-13-20-9-5-18(6-10-20)16-21-11-7-19(23-24)8-12-21;1-2/h17-19,24H,3-16H2,1-2H3;1-2H3. The van der Waals surface area contributed by atoms with Crippen molar-refractivity contribution in [1.29, 1.82) is 0 Å². The van der Waals surface area contributed by atoms with Crippen LogP contribution in [0.1, 0.15) is 66.2 Å².